The summed E-state index contributed by atoms with van der Waals surface area (Å²) < 4.78 is 1.86. The molecule has 2 aromatic heterocycles. The number of aromatic carboxylic acids is 1. The summed E-state index contributed by atoms with van der Waals surface area (Å²) in [4.78, 5) is 19.8. The van der Waals surface area contributed by atoms with E-state index in [1.165, 1.54) is 11.8 Å². The van der Waals surface area contributed by atoms with Crippen LogP contribution in [0.1, 0.15) is 52.8 Å². The third-order valence-electron chi connectivity index (χ3n) is 3.88. The minimum absolute atomic E-state index is 0.00451. The molecule has 3 rings (SSSR count). The van der Waals surface area contributed by atoms with Gasteiger partial charge in [-0.1, -0.05) is 44.2 Å². The summed E-state index contributed by atoms with van der Waals surface area (Å²) in [5, 5.41) is 13.6. The summed E-state index contributed by atoms with van der Waals surface area (Å²) >= 11 is 0. The van der Waals surface area contributed by atoms with Crippen molar-refractivity contribution in [1.82, 2.24) is 19.7 Å². The molecule has 0 aliphatic rings. The molecule has 26 heavy (non-hydrogen) atoms. The molecule has 0 atom stereocenters. The van der Waals surface area contributed by atoms with Gasteiger partial charge < -0.3 is 5.11 Å². The molecule has 0 aliphatic carbocycles. The molecule has 0 amide bonds. The first-order valence-corrected chi connectivity index (χ1v) is 8.37. The number of nitrogens with zero attached hydrogens (tertiary/aromatic N) is 4. The smallest absolute Gasteiger partial charge is 0.339 e. The van der Waals surface area contributed by atoms with Gasteiger partial charge in [0.1, 0.15) is 0 Å². The number of benzene rings is 1. The number of carboxylic acids is 1. The van der Waals surface area contributed by atoms with Crippen LogP contribution in [0.3, 0.4) is 0 Å². The maximum atomic E-state index is 11.3. The van der Waals surface area contributed by atoms with Crippen LogP contribution in [0.4, 0.5) is 0 Å². The van der Waals surface area contributed by atoms with Gasteiger partial charge in [-0.2, -0.15) is 5.10 Å². The van der Waals surface area contributed by atoms with Gasteiger partial charge >= 0.3 is 5.97 Å². The zero-order valence-electron chi connectivity index (χ0n) is 14.7. The monoisotopic (exact) mass is 348 g/mol. The topological polar surface area (TPSA) is 80.9 Å². The molecule has 0 radical (unpaired) electrons. The lowest BCUT2D eigenvalue weighted by Gasteiger charge is -2.08. The van der Waals surface area contributed by atoms with Crippen molar-refractivity contribution < 1.29 is 9.90 Å². The van der Waals surface area contributed by atoms with Crippen LogP contribution in [0, 0.1) is 0 Å². The zero-order chi connectivity index (χ0) is 18.5. The fourth-order valence-electron chi connectivity index (χ4n) is 2.59. The van der Waals surface area contributed by atoms with Gasteiger partial charge in [-0.05, 0) is 23.6 Å². The SMILES string of the molecule is CC(C)c1nc(/C=C/c2cnn(Cc3ccccc3)c2)ncc1C(=O)O. The van der Waals surface area contributed by atoms with Crippen LogP contribution in [-0.2, 0) is 6.54 Å². The number of hydrogen-bond donors (Lipinski definition) is 1. The first kappa shape index (κ1) is 17.5. The lowest BCUT2D eigenvalue weighted by Crippen LogP contribution is -2.08. The second-order valence-corrected chi connectivity index (χ2v) is 6.28. The quantitative estimate of drug-likeness (QED) is 0.734. The molecular weight excluding hydrogens is 328 g/mol. The van der Waals surface area contributed by atoms with E-state index in [1.54, 1.807) is 12.3 Å². The van der Waals surface area contributed by atoms with E-state index in [2.05, 4.69) is 27.2 Å². The minimum Gasteiger partial charge on any atom is -0.478 e. The van der Waals surface area contributed by atoms with E-state index in [-0.39, 0.29) is 11.5 Å². The second-order valence-electron chi connectivity index (χ2n) is 6.28. The zero-order valence-corrected chi connectivity index (χ0v) is 14.7. The van der Waals surface area contributed by atoms with Crippen molar-refractivity contribution in [3.05, 3.63) is 77.1 Å². The first-order valence-electron chi connectivity index (χ1n) is 8.37. The van der Waals surface area contributed by atoms with Gasteiger partial charge in [-0.15, -0.1) is 0 Å². The van der Waals surface area contributed by atoms with Gasteiger partial charge in [-0.25, -0.2) is 14.8 Å². The van der Waals surface area contributed by atoms with Crippen LogP contribution in [0.2, 0.25) is 0 Å². The minimum atomic E-state index is -1.01. The fraction of sp³-hybridized carbons (Fsp3) is 0.200. The molecule has 0 saturated heterocycles. The van der Waals surface area contributed by atoms with E-state index in [4.69, 9.17) is 0 Å². The molecule has 132 valence electrons. The molecule has 3 aromatic rings. The van der Waals surface area contributed by atoms with Crippen molar-refractivity contribution in [2.45, 2.75) is 26.3 Å². The summed E-state index contributed by atoms with van der Waals surface area (Å²) in [6, 6.07) is 10.1. The number of rotatable bonds is 6. The Balaban J connectivity index is 1.76. The van der Waals surface area contributed by atoms with Crippen LogP contribution < -0.4 is 0 Å². The molecule has 0 spiro atoms. The third kappa shape index (κ3) is 4.22. The van der Waals surface area contributed by atoms with Crippen molar-refractivity contribution in [2.75, 3.05) is 0 Å². The Bertz CT molecular complexity index is 930. The Hall–Kier alpha value is -3.28. The van der Waals surface area contributed by atoms with Crippen LogP contribution in [0.25, 0.3) is 12.2 Å². The van der Waals surface area contributed by atoms with E-state index < -0.39 is 5.97 Å². The summed E-state index contributed by atoms with van der Waals surface area (Å²) in [6.07, 6.45) is 8.71. The van der Waals surface area contributed by atoms with Crippen molar-refractivity contribution in [1.29, 1.82) is 0 Å². The average Bonchev–Trinajstić information content (AvgIpc) is 3.07. The Morgan fingerprint density at radius 2 is 1.96 bits per heavy atom. The highest BCUT2D eigenvalue weighted by Gasteiger charge is 2.15. The molecular formula is C20H20N4O2. The Kier molecular flexibility index (Phi) is 5.22. The maximum Gasteiger partial charge on any atom is 0.339 e. The molecule has 0 bridgehead atoms. The summed E-state index contributed by atoms with van der Waals surface area (Å²) in [7, 11) is 0. The van der Waals surface area contributed by atoms with E-state index in [0.717, 1.165) is 5.56 Å². The van der Waals surface area contributed by atoms with E-state index in [9.17, 15) is 9.90 Å². The predicted molar refractivity (Wildman–Crippen MR) is 99.8 cm³/mol. The van der Waals surface area contributed by atoms with Gasteiger partial charge in [0.2, 0.25) is 0 Å². The summed E-state index contributed by atoms with van der Waals surface area (Å²) in [5.41, 5.74) is 2.79. The molecule has 0 aliphatic heterocycles. The van der Waals surface area contributed by atoms with Crippen molar-refractivity contribution in [3.8, 4) is 0 Å². The maximum absolute atomic E-state index is 11.3. The highest BCUT2D eigenvalue weighted by Crippen LogP contribution is 2.17. The Morgan fingerprint density at radius 3 is 2.65 bits per heavy atom. The van der Waals surface area contributed by atoms with Crippen molar-refractivity contribution >= 4 is 18.1 Å². The average molecular weight is 348 g/mol. The third-order valence-corrected chi connectivity index (χ3v) is 3.88. The lowest BCUT2D eigenvalue weighted by atomic mass is 10.1. The summed E-state index contributed by atoms with van der Waals surface area (Å²) in [5.74, 6) is -0.522. The predicted octanol–water partition coefficient (Wildman–Crippen LogP) is 3.71. The number of carboxylic acid groups (broad SMARTS) is 1. The van der Waals surface area contributed by atoms with Gasteiger partial charge in [0.05, 0.1) is 24.0 Å². The fourth-order valence-corrected chi connectivity index (χ4v) is 2.59. The molecule has 6 heteroatoms. The molecule has 6 nitrogen and oxygen atoms in total. The van der Waals surface area contributed by atoms with Gasteiger partial charge in [-0.3, -0.25) is 4.68 Å². The normalized spacial score (nSPS) is 11.3. The van der Waals surface area contributed by atoms with Crippen LogP contribution in [0.5, 0.6) is 0 Å². The summed E-state index contributed by atoms with van der Waals surface area (Å²) in [6.45, 7) is 4.53. The van der Waals surface area contributed by atoms with Crippen molar-refractivity contribution in [2.24, 2.45) is 0 Å². The lowest BCUT2D eigenvalue weighted by molar-refractivity contribution is 0.0694. The molecule has 2 heterocycles. The number of hydrogen-bond acceptors (Lipinski definition) is 4. The Labute approximate surface area is 151 Å². The van der Waals surface area contributed by atoms with Gasteiger partial charge in [0.15, 0.2) is 5.82 Å². The molecule has 0 saturated carbocycles. The molecule has 1 N–H and O–H groups in total. The number of aromatic nitrogens is 4. The Morgan fingerprint density at radius 1 is 1.19 bits per heavy atom. The number of carbonyl (C=O) groups is 1. The van der Waals surface area contributed by atoms with Crippen LogP contribution in [-0.4, -0.2) is 30.8 Å². The molecule has 0 unspecified atom stereocenters. The van der Waals surface area contributed by atoms with Crippen LogP contribution >= 0.6 is 0 Å². The van der Waals surface area contributed by atoms with Gasteiger partial charge in [0.25, 0.3) is 0 Å². The molecule has 0 fully saturated rings. The van der Waals surface area contributed by atoms with E-state index in [0.29, 0.717) is 18.1 Å². The first-order chi connectivity index (χ1) is 12.5. The van der Waals surface area contributed by atoms with E-state index in [1.807, 2.05) is 49.0 Å². The largest absolute Gasteiger partial charge is 0.478 e. The van der Waals surface area contributed by atoms with Crippen LogP contribution in [0.15, 0.2) is 48.9 Å². The molecule has 1 aromatic carbocycles. The standard InChI is InChI=1S/C20H20N4O2/c1-14(2)19-17(20(25)26)11-21-18(23-19)9-8-16-10-22-24(13-16)12-15-6-4-3-5-7-15/h3-11,13-14H,12H2,1-2H3,(H,25,26)/b9-8+. The highest BCUT2D eigenvalue weighted by molar-refractivity contribution is 5.88. The van der Waals surface area contributed by atoms with Gasteiger partial charge in [0, 0.05) is 18.0 Å². The second kappa shape index (κ2) is 7.74. The van der Waals surface area contributed by atoms with Crippen molar-refractivity contribution in [3.63, 3.8) is 0 Å². The van der Waals surface area contributed by atoms with E-state index >= 15 is 0 Å². The highest BCUT2D eigenvalue weighted by atomic mass is 16.4.